The molecule has 0 amide bonds. The summed E-state index contributed by atoms with van der Waals surface area (Å²) < 4.78 is 7.68. The zero-order valence-corrected chi connectivity index (χ0v) is 15.6. The third kappa shape index (κ3) is 4.86. The molecule has 0 heterocycles. The minimum Gasteiger partial charge on any atom is -0.485 e. The highest BCUT2D eigenvalue weighted by Gasteiger charge is 2.33. The monoisotopic (exact) mass is 423 g/mol. The maximum atomic E-state index is 11.3. The van der Waals surface area contributed by atoms with Crippen molar-refractivity contribution in [1.29, 1.82) is 0 Å². The number of nitrogens with two attached hydrogens (primary N) is 1. The molecule has 0 radical (unpaired) electrons. The lowest BCUT2D eigenvalue weighted by Crippen LogP contribution is -2.54. The van der Waals surface area contributed by atoms with Gasteiger partial charge < -0.3 is 20.1 Å². The first kappa shape index (κ1) is 18.3. The van der Waals surface area contributed by atoms with Crippen molar-refractivity contribution in [2.24, 2.45) is 0 Å². The Morgan fingerprint density at radius 3 is 2.33 bits per heavy atom. The van der Waals surface area contributed by atoms with Gasteiger partial charge in [-0.3, -0.25) is 0 Å². The first-order chi connectivity index (χ1) is 9.69. The molecule has 1 rings (SSSR count). The molecule has 0 aliphatic carbocycles. The Balaban J connectivity index is 2.71. The first-order valence-electron chi connectivity index (χ1n) is 6.61. The quantitative estimate of drug-likeness (QED) is 0.521. The summed E-state index contributed by atoms with van der Waals surface area (Å²) in [4.78, 5) is 11.3. The van der Waals surface area contributed by atoms with E-state index in [9.17, 15) is 9.90 Å². The highest BCUT2D eigenvalue weighted by atomic mass is 79.9. The average molecular weight is 425 g/mol. The number of hydrogen-bond donors (Lipinski definition) is 2. The Bertz CT molecular complexity index is 498. The summed E-state index contributed by atoms with van der Waals surface area (Å²) in [7, 11) is 3.80. The predicted octanol–water partition coefficient (Wildman–Crippen LogP) is 3.11. The van der Waals surface area contributed by atoms with Crippen LogP contribution in [0.5, 0.6) is 5.75 Å². The zero-order chi connectivity index (χ0) is 16.2. The van der Waals surface area contributed by atoms with Crippen molar-refractivity contribution >= 4 is 43.5 Å². The Kier molecular flexibility index (Phi) is 6.49. The topological polar surface area (TPSA) is 72.5 Å². The number of quaternary nitrogens is 1. The van der Waals surface area contributed by atoms with Crippen LogP contribution >= 0.6 is 31.9 Å². The fourth-order valence-electron chi connectivity index (χ4n) is 2.22. The number of nitrogen functional groups attached to an aromatic ring is 1. The molecule has 0 saturated heterocycles. The number of carboxylic acids is 1. The number of nitrogens with zero attached hydrogens (tertiary/aromatic N) is 1. The van der Waals surface area contributed by atoms with Crippen LogP contribution in [0.2, 0.25) is 0 Å². The maximum absolute atomic E-state index is 11.3. The molecule has 7 heteroatoms. The molecule has 1 aromatic rings. The van der Waals surface area contributed by atoms with Crippen LogP contribution in [-0.4, -0.2) is 48.8 Å². The van der Waals surface area contributed by atoms with Gasteiger partial charge in [0.05, 0.1) is 23.0 Å². The molecule has 0 aliphatic rings. The van der Waals surface area contributed by atoms with Crippen LogP contribution in [0.4, 0.5) is 5.69 Å². The second kappa shape index (κ2) is 7.47. The fraction of sp³-hybridized carbons (Fsp3) is 0.500. The van der Waals surface area contributed by atoms with Gasteiger partial charge in [0.2, 0.25) is 0 Å². The maximum Gasteiger partial charge on any atom is 0.362 e. The second-order valence-corrected chi connectivity index (χ2v) is 7.14. The van der Waals surface area contributed by atoms with Crippen molar-refractivity contribution in [1.82, 2.24) is 0 Å². The molecule has 21 heavy (non-hydrogen) atoms. The lowest BCUT2D eigenvalue weighted by molar-refractivity contribution is -0.906. The first-order valence-corrected chi connectivity index (χ1v) is 8.20. The lowest BCUT2D eigenvalue weighted by Gasteiger charge is -2.35. The molecule has 0 aromatic heterocycles. The van der Waals surface area contributed by atoms with Crippen LogP contribution in [0.3, 0.4) is 0 Å². The van der Waals surface area contributed by atoms with E-state index in [2.05, 4.69) is 31.9 Å². The van der Waals surface area contributed by atoms with Gasteiger partial charge in [-0.1, -0.05) is 6.92 Å². The van der Waals surface area contributed by atoms with Crippen LogP contribution in [0.15, 0.2) is 21.1 Å². The SMILES string of the molecule is CCC(C(=O)O)[N+](C)(C)CCOc1c(Br)cc(N)cc1Br. The van der Waals surface area contributed by atoms with Crippen LogP contribution in [0.1, 0.15) is 13.3 Å². The van der Waals surface area contributed by atoms with Crippen molar-refractivity contribution in [2.45, 2.75) is 19.4 Å². The van der Waals surface area contributed by atoms with Gasteiger partial charge in [0.25, 0.3) is 0 Å². The fourth-order valence-corrected chi connectivity index (χ4v) is 3.67. The molecule has 0 aliphatic heterocycles. The van der Waals surface area contributed by atoms with Gasteiger partial charge in [-0.2, -0.15) is 0 Å². The summed E-state index contributed by atoms with van der Waals surface area (Å²) in [6.07, 6.45) is 0.581. The molecule has 1 aromatic carbocycles. The van der Waals surface area contributed by atoms with Gasteiger partial charge in [-0.15, -0.1) is 0 Å². The largest absolute Gasteiger partial charge is 0.485 e. The number of hydrogen-bond acceptors (Lipinski definition) is 3. The predicted molar refractivity (Wildman–Crippen MR) is 90.4 cm³/mol. The summed E-state index contributed by atoms with van der Waals surface area (Å²) >= 11 is 6.82. The molecule has 0 fully saturated rings. The number of halogens is 2. The number of ether oxygens (including phenoxy) is 1. The molecule has 0 bridgehead atoms. The Morgan fingerprint density at radius 1 is 1.38 bits per heavy atom. The number of aliphatic carboxylic acids is 1. The summed E-state index contributed by atoms with van der Waals surface area (Å²) in [6, 6.07) is 3.10. The zero-order valence-electron chi connectivity index (χ0n) is 12.4. The molecule has 0 spiro atoms. The van der Waals surface area contributed by atoms with Gasteiger partial charge in [0, 0.05) is 12.1 Å². The van der Waals surface area contributed by atoms with E-state index in [4.69, 9.17) is 10.5 Å². The van der Waals surface area contributed by atoms with Crippen molar-refractivity contribution in [2.75, 3.05) is 33.0 Å². The average Bonchev–Trinajstić information content (AvgIpc) is 2.32. The molecule has 1 unspecified atom stereocenters. The van der Waals surface area contributed by atoms with E-state index in [1.165, 1.54) is 0 Å². The molecular weight excluding hydrogens is 404 g/mol. The van der Waals surface area contributed by atoms with Crippen LogP contribution in [0, 0.1) is 0 Å². The Hall–Kier alpha value is -0.790. The van der Waals surface area contributed by atoms with Gasteiger partial charge in [0.15, 0.2) is 6.04 Å². The number of benzene rings is 1. The van der Waals surface area contributed by atoms with E-state index in [0.29, 0.717) is 35.5 Å². The Morgan fingerprint density at radius 2 is 1.90 bits per heavy atom. The number of carbonyl (C=O) groups is 1. The minimum atomic E-state index is -0.780. The highest BCUT2D eigenvalue weighted by molar-refractivity contribution is 9.11. The van der Waals surface area contributed by atoms with Crippen molar-refractivity contribution < 1.29 is 19.1 Å². The smallest absolute Gasteiger partial charge is 0.362 e. The van der Waals surface area contributed by atoms with Crippen LogP contribution < -0.4 is 10.5 Å². The van der Waals surface area contributed by atoms with Crippen LogP contribution in [-0.2, 0) is 4.79 Å². The van der Waals surface area contributed by atoms with Gasteiger partial charge in [-0.25, -0.2) is 4.79 Å². The number of likely N-dealkylation sites (N-methyl/N-ethyl adjacent to an activating group) is 1. The van der Waals surface area contributed by atoms with E-state index in [1.807, 2.05) is 21.0 Å². The lowest BCUT2D eigenvalue weighted by atomic mass is 10.1. The minimum absolute atomic E-state index is 0.371. The van der Waals surface area contributed by atoms with Crippen molar-refractivity contribution in [3.63, 3.8) is 0 Å². The summed E-state index contributed by atoms with van der Waals surface area (Å²) in [5, 5.41) is 9.26. The molecule has 3 N–H and O–H groups in total. The molecule has 5 nitrogen and oxygen atoms in total. The molecular formula is C14H21Br2N2O3+. The van der Waals surface area contributed by atoms with Crippen molar-refractivity contribution in [3.05, 3.63) is 21.1 Å². The van der Waals surface area contributed by atoms with E-state index in [-0.39, 0.29) is 0 Å². The normalized spacial score (nSPS) is 13.0. The highest BCUT2D eigenvalue weighted by Crippen LogP contribution is 2.35. The second-order valence-electron chi connectivity index (χ2n) is 5.43. The summed E-state index contributed by atoms with van der Waals surface area (Å²) in [6.45, 7) is 2.89. The van der Waals surface area contributed by atoms with Crippen LogP contribution in [0.25, 0.3) is 0 Å². The Labute approximate surface area is 141 Å². The molecule has 0 saturated carbocycles. The number of carboxylic acid groups (broad SMARTS) is 1. The van der Waals surface area contributed by atoms with E-state index >= 15 is 0 Å². The standard InChI is InChI=1S/C14H20Br2N2O3/c1-4-12(14(19)20)18(2,3)5-6-21-13-10(15)7-9(17)8-11(13)16/h7-8,12H,4-6,17H2,1-3H3/p+1. The van der Waals surface area contributed by atoms with Gasteiger partial charge in [0.1, 0.15) is 18.9 Å². The number of anilines is 1. The van der Waals surface area contributed by atoms with Gasteiger partial charge in [-0.05, 0) is 44.0 Å². The summed E-state index contributed by atoms with van der Waals surface area (Å²) in [5.74, 6) is -0.107. The summed E-state index contributed by atoms with van der Waals surface area (Å²) in [5.41, 5.74) is 6.37. The van der Waals surface area contributed by atoms with Gasteiger partial charge >= 0.3 is 5.97 Å². The molecule has 118 valence electrons. The van der Waals surface area contributed by atoms with E-state index in [1.54, 1.807) is 12.1 Å². The third-order valence-electron chi connectivity index (χ3n) is 3.45. The molecule has 1 atom stereocenters. The number of rotatable bonds is 7. The van der Waals surface area contributed by atoms with Crippen molar-refractivity contribution in [3.8, 4) is 5.75 Å². The third-order valence-corrected chi connectivity index (χ3v) is 4.63. The van der Waals surface area contributed by atoms with E-state index < -0.39 is 12.0 Å². The van der Waals surface area contributed by atoms with E-state index in [0.717, 1.165) is 8.95 Å².